The van der Waals surface area contributed by atoms with Crippen LogP contribution < -0.4 is 0 Å². The van der Waals surface area contributed by atoms with E-state index in [0.717, 1.165) is 19.3 Å². The van der Waals surface area contributed by atoms with Crippen molar-refractivity contribution in [1.29, 1.82) is 0 Å². The predicted molar refractivity (Wildman–Crippen MR) is 61.5 cm³/mol. The summed E-state index contributed by atoms with van der Waals surface area (Å²) in [7, 11) is 0. The Hall–Kier alpha value is -1.39. The summed E-state index contributed by atoms with van der Waals surface area (Å²) < 4.78 is 0. The van der Waals surface area contributed by atoms with E-state index in [9.17, 15) is 14.4 Å². The summed E-state index contributed by atoms with van der Waals surface area (Å²) in [6.07, 6.45) is 4.75. The molecule has 2 unspecified atom stereocenters. The molecule has 0 spiro atoms. The summed E-state index contributed by atoms with van der Waals surface area (Å²) in [6.45, 7) is 0. The highest BCUT2D eigenvalue weighted by atomic mass is 16.4. The number of imide groups is 1. The van der Waals surface area contributed by atoms with Crippen molar-refractivity contribution >= 4 is 17.8 Å². The van der Waals surface area contributed by atoms with Crippen LogP contribution in [-0.2, 0) is 14.4 Å². The second kappa shape index (κ2) is 3.80. The third kappa shape index (κ3) is 1.56. The topological polar surface area (TPSA) is 74.7 Å². The van der Waals surface area contributed by atoms with Gasteiger partial charge < -0.3 is 5.11 Å². The Morgan fingerprint density at radius 3 is 2.22 bits per heavy atom. The molecular weight excluding hydrogens is 234 g/mol. The molecule has 1 N–H and O–H groups in total. The molecule has 0 aromatic carbocycles. The number of likely N-dealkylation sites (tertiary alicyclic amines) is 1. The SMILES string of the molecule is O=C(O)CC1(N2C(=O)C3CC3C2=O)CCCCC1. The zero-order chi connectivity index (χ0) is 12.9. The Balaban J connectivity index is 1.91. The first-order valence-corrected chi connectivity index (χ1v) is 6.65. The van der Waals surface area contributed by atoms with E-state index in [4.69, 9.17) is 5.11 Å². The number of nitrogens with zero attached hydrogens (tertiary/aromatic N) is 1. The standard InChI is InChI=1S/C13H17NO4/c15-10(16)7-13(4-2-1-3-5-13)14-11(17)8-6-9(8)12(14)18/h8-9H,1-7H2,(H,15,16). The van der Waals surface area contributed by atoms with E-state index in [1.807, 2.05) is 0 Å². The van der Waals surface area contributed by atoms with Crippen molar-refractivity contribution in [3.63, 3.8) is 0 Å². The molecule has 1 heterocycles. The van der Waals surface area contributed by atoms with Gasteiger partial charge in [-0.25, -0.2) is 0 Å². The minimum atomic E-state index is -0.918. The lowest BCUT2D eigenvalue weighted by molar-refractivity contribution is -0.154. The van der Waals surface area contributed by atoms with Crippen molar-refractivity contribution in [2.45, 2.75) is 50.5 Å². The van der Waals surface area contributed by atoms with Crippen LogP contribution in [0.4, 0.5) is 0 Å². The van der Waals surface area contributed by atoms with E-state index < -0.39 is 11.5 Å². The van der Waals surface area contributed by atoms with Gasteiger partial charge in [-0.1, -0.05) is 19.3 Å². The number of fused-ring (bicyclic) bond motifs is 1. The van der Waals surface area contributed by atoms with Gasteiger partial charge in [0.2, 0.25) is 11.8 Å². The minimum absolute atomic E-state index is 0.0933. The minimum Gasteiger partial charge on any atom is -0.481 e. The molecule has 98 valence electrons. The second-order valence-electron chi connectivity index (χ2n) is 5.82. The molecule has 0 aromatic heterocycles. The second-order valence-corrected chi connectivity index (χ2v) is 5.82. The molecule has 3 fully saturated rings. The fourth-order valence-corrected chi connectivity index (χ4v) is 3.62. The zero-order valence-corrected chi connectivity index (χ0v) is 10.2. The van der Waals surface area contributed by atoms with Crippen LogP contribution >= 0.6 is 0 Å². The number of carboxylic acids is 1. The van der Waals surface area contributed by atoms with E-state index in [1.165, 1.54) is 4.90 Å². The number of carbonyl (C=O) groups is 3. The third-order valence-electron chi connectivity index (χ3n) is 4.60. The van der Waals surface area contributed by atoms with Crippen molar-refractivity contribution in [3.05, 3.63) is 0 Å². The van der Waals surface area contributed by atoms with E-state index in [2.05, 4.69) is 0 Å². The Kier molecular flexibility index (Phi) is 2.47. The quantitative estimate of drug-likeness (QED) is 0.764. The normalized spacial score (nSPS) is 33.4. The van der Waals surface area contributed by atoms with Crippen LogP contribution in [0.2, 0.25) is 0 Å². The van der Waals surface area contributed by atoms with Crippen LogP contribution in [0.15, 0.2) is 0 Å². The molecule has 2 amide bonds. The summed E-state index contributed by atoms with van der Waals surface area (Å²) in [6, 6.07) is 0. The average molecular weight is 251 g/mol. The Morgan fingerprint density at radius 1 is 1.17 bits per heavy atom. The summed E-state index contributed by atoms with van der Waals surface area (Å²) >= 11 is 0. The lowest BCUT2D eigenvalue weighted by Crippen LogP contribution is -2.55. The number of rotatable bonds is 3. The Labute approximate surface area is 105 Å². The van der Waals surface area contributed by atoms with Crippen LogP contribution in [0.25, 0.3) is 0 Å². The first-order valence-electron chi connectivity index (χ1n) is 6.65. The van der Waals surface area contributed by atoms with E-state index in [-0.39, 0.29) is 30.1 Å². The highest BCUT2D eigenvalue weighted by Crippen LogP contribution is 2.52. The zero-order valence-electron chi connectivity index (χ0n) is 10.2. The van der Waals surface area contributed by atoms with E-state index in [1.54, 1.807) is 0 Å². The maximum Gasteiger partial charge on any atom is 0.305 e. The predicted octanol–water partition coefficient (Wildman–Crippen LogP) is 1.17. The summed E-state index contributed by atoms with van der Waals surface area (Å²) in [4.78, 5) is 36.7. The number of hydrogen-bond donors (Lipinski definition) is 1. The van der Waals surface area contributed by atoms with Gasteiger partial charge in [0, 0.05) is 0 Å². The Bertz CT molecular complexity index is 405. The molecule has 0 radical (unpaired) electrons. The highest BCUT2D eigenvalue weighted by Gasteiger charge is 2.63. The molecule has 18 heavy (non-hydrogen) atoms. The number of aliphatic carboxylic acids is 1. The molecule has 1 aliphatic heterocycles. The molecular formula is C13H17NO4. The molecule has 0 aromatic rings. The molecule has 2 aliphatic carbocycles. The lowest BCUT2D eigenvalue weighted by atomic mass is 9.77. The molecule has 0 bridgehead atoms. The monoisotopic (exact) mass is 251 g/mol. The van der Waals surface area contributed by atoms with Gasteiger partial charge in [0.1, 0.15) is 0 Å². The largest absolute Gasteiger partial charge is 0.481 e. The molecule has 2 atom stereocenters. The number of hydrogen-bond acceptors (Lipinski definition) is 3. The van der Waals surface area contributed by atoms with E-state index >= 15 is 0 Å². The Morgan fingerprint density at radius 2 is 1.72 bits per heavy atom. The highest BCUT2D eigenvalue weighted by molar-refractivity contribution is 6.09. The van der Waals surface area contributed by atoms with Gasteiger partial charge >= 0.3 is 5.97 Å². The molecule has 3 aliphatic rings. The number of piperidine rings is 1. The maximum absolute atomic E-state index is 12.2. The molecule has 5 nitrogen and oxygen atoms in total. The summed E-state index contributed by atoms with van der Waals surface area (Å²) in [5, 5.41) is 9.09. The van der Waals surface area contributed by atoms with Crippen LogP contribution in [0.3, 0.4) is 0 Å². The van der Waals surface area contributed by atoms with Crippen molar-refractivity contribution in [2.75, 3.05) is 0 Å². The first-order chi connectivity index (χ1) is 8.55. The van der Waals surface area contributed by atoms with Crippen molar-refractivity contribution in [3.8, 4) is 0 Å². The summed E-state index contributed by atoms with van der Waals surface area (Å²) in [5.41, 5.74) is -0.730. The van der Waals surface area contributed by atoms with Crippen LogP contribution in [-0.4, -0.2) is 33.3 Å². The van der Waals surface area contributed by atoms with Gasteiger partial charge in [-0.05, 0) is 19.3 Å². The summed E-state index contributed by atoms with van der Waals surface area (Å²) in [5.74, 6) is -1.42. The number of amides is 2. The maximum atomic E-state index is 12.2. The van der Waals surface area contributed by atoms with Gasteiger partial charge in [0.25, 0.3) is 0 Å². The molecule has 5 heteroatoms. The van der Waals surface area contributed by atoms with Crippen LogP contribution in [0.5, 0.6) is 0 Å². The van der Waals surface area contributed by atoms with Crippen molar-refractivity contribution in [2.24, 2.45) is 11.8 Å². The van der Waals surface area contributed by atoms with E-state index in [0.29, 0.717) is 19.3 Å². The van der Waals surface area contributed by atoms with Gasteiger partial charge in [-0.3, -0.25) is 19.3 Å². The fourth-order valence-electron chi connectivity index (χ4n) is 3.62. The van der Waals surface area contributed by atoms with Gasteiger partial charge in [0.05, 0.1) is 23.8 Å². The molecule has 1 saturated heterocycles. The third-order valence-corrected chi connectivity index (χ3v) is 4.60. The molecule has 3 rings (SSSR count). The van der Waals surface area contributed by atoms with Crippen LogP contribution in [0.1, 0.15) is 44.9 Å². The van der Waals surface area contributed by atoms with Gasteiger partial charge in [0.15, 0.2) is 0 Å². The van der Waals surface area contributed by atoms with Gasteiger partial charge in [-0.15, -0.1) is 0 Å². The average Bonchev–Trinajstić information content (AvgIpc) is 3.04. The lowest BCUT2D eigenvalue weighted by Gasteiger charge is -2.43. The van der Waals surface area contributed by atoms with Crippen molar-refractivity contribution < 1.29 is 19.5 Å². The smallest absolute Gasteiger partial charge is 0.305 e. The van der Waals surface area contributed by atoms with Crippen molar-refractivity contribution in [1.82, 2.24) is 4.90 Å². The van der Waals surface area contributed by atoms with Gasteiger partial charge in [-0.2, -0.15) is 0 Å². The number of carbonyl (C=O) groups excluding carboxylic acids is 2. The fraction of sp³-hybridized carbons (Fsp3) is 0.769. The van der Waals surface area contributed by atoms with Crippen LogP contribution in [0, 0.1) is 11.8 Å². The first kappa shape index (κ1) is 11.7. The number of carboxylic acid groups (broad SMARTS) is 1. The molecule has 2 saturated carbocycles.